The maximum atomic E-state index is 8.92. The molecule has 1 atom stereocenters. The standard InChI is InChI=1S/C11H14BrN3/c1-8(14)4-5-15-11-3-2-10(12)6-9(11)7-13/h2-3,6,8,15H,4-5,14H2,1H3. The maximum absolute atomic E-state index is 8.92. The molecule has 3 N–H and O–H groups in total. The van der Waals surface area contributed by atoms with Crippen molar-refractivity contribution in [1.82, 2.24) is 0 Å². The van der Waals surface area contributed by atoms with Crippen LogP contribution in [-0.2, 0) is 0 Å². The van der Waals surface area contributed by atoms with Gasteiger partial charge >= 0.3 is 0 Å². The molecule has 0 bridgehead atoms. The van der Waals surface area contributed by atoms with Crippen LogP contribution in [0.1, 0.15) is 18.9 Å². The van der Waals surface area contributed by atoms with Crippen LogP contribution in [0.3, 0.4) is 0 Å². The third-order valence-corrected chi connectivity index (χ3v) is 2.51. The van der Waals surface area contributed by atoms with E-state index < -0.39 is 0 Å². The second kappa shape index (κ2) is 5.74. The van der Waals surface area contributed by atoms with Gasteiger partial charge in [-0.05, 0) is 31.5 Å². The Balaban J connectivity index is 2.65. The van der Waals surface area contributed by atoms with Gasteiger partial charge in [-0.15, -0.1) is 0 Å². The smallest absolute Gasteiger partial charge is 0.101 e. The van der Waals surface area contributed by atoms with Crippen LogP contribution < -0.4 is 11.1 Å². The van der Waals surface area contributed by atoms with Gasteiger partial charge in [0.1, 0.15) is 6.07 Å². The quantitative estimate of drug-likeness (QED) is 0.881. The second-order valence-electron chi connectivity index (χ2n) is 3.49. The van der Waals surface area contributed by atoms with Crippen LogP contribution in [0.25, 0.3) is 0 Å². The average Bonchev–Trinajstić information content (AvgIpc) is 2.19. The molecular weight excluding hydrogens is 254 g/mol. The molecular formula is C11H14BrN3. The van der Waals surface area contributed by atoms with Gasteiger partial charge in [0.05, 0.1) is 11.3 Å². The van der Waals surface area contributed by atoms with E-state index in [1.807, 2.05) is 19.1 Å². The normalized spacial score (nSPS) is 11.9. The van der Waals surface area contributed by atoms with Crippen LogP contribution in [0.2, 0.25) is 0 Å². The first-order chi connectivity index (χ1) is 7.13. The van der Waals surface area contributed by atoms with Crippen LogP contribution in [0.4, 0.5) is 5.69 Å². The van der Waals surface area contributed by atoms with Crippen LogP contribution >= 0.6 is 15.9 Å². The second-order valence-corrected chi connectivity index (χ2v) is 4.41. The van der Waals surface area contributed by atoms with Crippen LogP contribution in [0, 0.1) is 11.3 Å². The molecule has 80 valence electrons. The zero-order valence-corrected chi connectivity index (χ0v) is 10.2. The van der Waals surface area contributed by atoms with Gasteiger partial charge in [-0.25, -0.2) is 0 Å². The number of hydrogen-bond donors (Lipinski definition) is 2. The molecule has 0 saturated heterocycles. The van der Waals surface area contributed by atoms with Crippen molar-refractivity contribution < 1.29 is 0 Å². The summed E-state index contributed by atoms with van der Waals surface area (Å²) in [4.78, 5) is 0. The molecule has 0 aliphatic rings. The molecule has 0 aromatic heterocycles. The summed E-state index contributed by atoms with van der Waals surface area (Å²) in [7, 11) is 0. The fourth-order valence-corrected chi connectivity index (χ4v) is 1.56. The highest BCUT2D eigenvalue weighted by Gasteiger charge is 2.02. The number of nitrogens with two attached hydrogens (primary N) is 1. The minimum Gasteiger partial charge on any atom is -0.384 e. The third-order valence-electron chi connectivity index (χ3n) is 2.02. The lowest BCUT2D eigenvalue weighted by atomic mass is 10.2. The summed E-state index contributed by atoms with van der Waals surface area (Å²) in [5.74, 6) is 0. The minimum atomic E-state index is 0.179. The maximum Gasteiger partial charge on any atom is 0.101 e. The highest BCUT2D eigenvalue weighted by molar-refractivity contribution is 9.10. The van der Waals surface area contributed by atoms with Crippen LogP contribution in [-0.4, -0.2) is 12.6 Å². The van der Waals surface area contributed by atoms with Crippen LogP contribution in [0.15, 0.2) is 22.7 Å². The number of nitriles is 1. The highest BCUT2D eigenvalue weighted by atomic mass is 79.9. The summed E-state index contributed by atoms with van der Waals surface area (Å²) in [5.41, 5.74) is 7.15. The predicted octanol–water partition coefficient (Wildman–Crippen LogP) is 2.47. The van der Waals surface area contributed by atoms with E-state index >= 15 is 0 Å². The van der Waals surface area contributed by atoms with Crippen molar-refractivity contribution in [2.45, 2.75) is 19.4 Å². The van der Waals surface area contributed by atoms with E-state index in [-0.39, 0.29) is 6.04 Å². The van der Waals surface area contributed by atoms with Crippen molar-refractivity contribution in [2.75, 3.05) is 11.9 Å². The molecule has 0 saturated carbocycles. The van der Waals surface area contributed by atoms with Crippen molar-refractivity contribution in [1.29, 1.82) is 5.26 Å². The molecule has 0 spiro atoms. The van der Waals surface area contributed by atoms with Crippen molar-refractivity contribution >= 4 is 21.6 Å². The summed E-state index contributed by atoms with van der Waals surface area (Å²) in [6, 6.07) is 7.93. The lowest BCUT2D eigenvalue weighted by molar-refractivity contribution is 0.690. The van der Waals surface area contributed by atoms with Crippen molar-refractivity contribution in [3.05, 3.63) is 28.2 Å². The molecule has 0 heterocycles. The first-order valence-electron chi connectivity index (χ1n) is 4.82. The molecule has 15 heavy (non-hydrogen) atoms. The van der Waals surface area contributed by atoms with Gasteiger partial charge < -0.3 is 11.1 Å². The Morgan fingerprint density at radius 2 is 2.33 bits per heavy atom. The Labute approximate surface area is 98.4 Å². The van der Waals surface area contributed by atoms with Crippen molar-refractivity contribution in [2.24, 2.45) is 5.73 Å². The van der Waals surface area contributed by atoms with Gasteiger partial charge in [-0.3, -0.25) is 0 Å². The van der Waals surface area contributed by atoms with Gasteiger partial charge in [-0.1, -0.05) is 15.9 Å². The summed E-state index contributed by atoms with van der Waals surface area (Å²) in [5, 5.41) is 12.1. The number of halogens is 1. The minimum absolute atomic E-state index is 0.179. The Morgan fingerprint density at radius 1 is 1.60 bits per heavy atom. The molecule has 0 aliphatic heterocycles. The molecule has 0 aliphatic carbocycles. The summed E-state index contributed by atoms with van der Waals surface area (Å²) in [6.07, 6.45) is 0.890. The first kappa shape index (κ1) is 12.0. The number of rotatable bonds is 4. The van der Waals surface area contributed by atoms with Gasteiger partial charge in [0.15, 0.2) is 0 Å². The third kappa shape index (κ3) is 3.90. The Hall–Kier alpha value is -1.05. The van der Waals surface area contributed by atoms with E-state index in [2.05, 4.69) is 27.3 Å². The molecule has 1 rings (SSSR count). The van der Waals surface area contributed by atoms with E-state index in [4.69, 9.17) is 11.0 Å². The number of hydrogen-bond acceptors (Lipinski definition) is 3. The van der Waals surface area contributed by atoms with Gasteiger partial charge in [0.25, 0.3) is 0 Å². The molecule has 1 aromatic rings. The number of benzene rings is 1. The van der Waals surface area contributed by atoms with Crippen LogP contribution in [0.5, 0.6) is 0 Å². The van der Waals surface area contributed by atoms with Gasteiger partial charge in [0.2, 0.25) is 0 Å². The van der Waals surface area contributed by atoms with Gasteiger partial charge in [0, 0.05) is 17.1 Å². The fraction of sp³-hybridized carbons (Fsp3) is 0.364. The van der Waals surface area contributed by atoms with E-state index in [9.17, 15) is 0 Å². The summed E-state index contributed by atoms with van der Waals surface area (Å²) >= 11 is 3.33. The van der Waals surface area contributed by atoms with E-state index in [0.29, 0.717) is 5.56 Å². The number of nitrogens with one attached hydrogen (secondary N) is 1. The zero-order valence-electron chi connectivity index (χ0n) is 8.63. The number of anilines is 1. The SMILES string of the molecule is CC(N)CCNc1ccc(Br)cc1C#N. The molecule has 0 radical (unpaired) electrons. The van der Waals surface area contributed by atoms with E-state index in [1.165, 1.54) is 0 Å². The Bertz CT molecular complexity index is 369. The predicted molar refractivity (Wildman–Crippen MR) is 65.6 cm³/mol. The molecule has 0 fully saturated rings. The molecule has 3 nitrogen and oxygen atoms in total. The number of nitrogens with zero attached hydrogens (tertiary/aromatic N) is 1. The Kier molecular flexibility index (Phi) is 4.60. The van der Waals surface area contributed by atoms with Gasteiger partial charge in [-0.2, -0.15) is 5.26 Å². The summed E-state index contributed by atoms with van der Waals surface area (Å²) < 4.78 is 0.914. The van der Waals surface area contributed by atoms with E-state index in [1.54, 1.807) is 6.07 Å². The lowest BCUT2D eigenvalue weighted by Gasteiger charge is -2.09. The fourth-order valence-electron chi connectivity index (χ4n) is 1.20. The average molecular weight is 268 g/mol. The monoisotopic (exact) mass is 267 g/mol. The van der Waals surface area contributed by atoms with Crippen molar-refractivity contribution in [3.63, 3.8) is 0 Å². The Morgan fingerprint density at radius 3 is 2.93 bits per heavy atom. The summed E-state index contributed by atoms with van der Waals surface area (Å²) in [6.45, 7) is 2.75. The molecule has 1 unspecified atom stereocenters. The van der Waals surface area contributed by atoms with Crippen molar-refractivity contribution in [3.8, 4) is 6.07 Å². The molecule has 0 amide bonds. The molecule has 1 aromatic carbocycles. The largest absolute Gasteiger partial charge is 0.384 e. The van der Waals surface area contributed by atoms with E-state index in [0.717, 1.165) is 23.1 Å². The molecule has 4 heteroatoms. The first-order valence-corrected chi connectivity index (χ1v) is 5.62. The highest BCUT2D eigenvalue weighted by Crippen LogP contribution is 2.20. The lowest BCUT2D eigenvalue weighted by Crippen LogP contribution is -2.19. The zero-order chi connectivity index (χ0) is 11.3. The topological polar surface area (TPSA) is 61.8 Å².